The van der Waals surface area contributed by atoms with Crippen LogP contribution in [0.2, 0.25) is 0 Å². The van der Waals surface area contributed by atoms with Gasteiger partial charge in [-0.1, -0.05) is 66.0 Å². The van der Waals surface area contributed by atoms with Crippen LogP contribution in [0, 0.1) is 0 Å². The molecule has 1 aromatic carbocycles. The van der Waals surface area contributed by atoms with E-state index in [0.717, 1.165) is 6.54 Å². The van der Waals surface area contributed by atoms with Gasteiger partial charge in [-0.25, -0.2) is 0 Å². The number of rotatable bonds is 8. The minimum Gasteiger partial charge on any atom is -0.385 e. The van der Waals surface area contributed by atoms with E-state index in [1.165, 1.54) is 42.5 Å². The summed E-state index contributed by atoms with van der Waals surface area (Å²) in [5, 5.41) is 3.62. The number of benzene rings is 1. The summed E-state index contributed by atoms with van der Waals surface area (Å²) in [4.78, 5) is 0. The average molecular weight is 261 g/mol. The van der Waals surface area contributed by atoms with Gasteiger partial charge < -0.3 is 5.32 Å². The Kier molecular flexibility index (Phi) is 6.97. The van der Waals surface area contributed by atoms with Crippen molar-refractivity contribution in [1.29, 1.82) is 0 Å². The molecule has 1 rings (SSSR count). The van der Waals surface area contributed by atoms with Gasteiger partial charge in [0.05, 0.1) is 0 Å². The van der Waals surface area contributed by atoms with Gasteiger partial charge in [-0.3, -0.25) is 0 Å². The van der Waals surface area contributed by atoms with Crippen LogP contribution in [0.15, 0.2) is 18.2 Å². The molecule has 0 heterocycles. The second-order valence-electron chi connectivity index (χ2n) is 6.14. The second-order valence-corrected chi connectivity index (χ2v) is 6.14. The van der Waals surface area contributed by atoms with Gasteiger partial charge in [-0.15, -0.1) is 0 Å². The number of nitrogens with one attached hydrogen (secondary N) is 1. The second kappa shape index (κ2) is 8.24. The third-order valence-corrected chi connectivity index (χ3v) is 3.71. The highest BCUT2D eigenvalue weighted by molar-refractivity contribution is 5.54. The summed E-state index contributed by atoms with van der Waals surface area (Å²) in [6, 6.07) is 6.92. The average Bonchev–Trinajstić information content (AvgIpc) is 2.38. The molecule has 0 spiro atoms. The van der Waals surface area contributed by atoms with E-state index in [1.807, 2.05) is 0 Å². The summed E-state index contributed by atoms with van der Waals surface area (Å²) in [6.07, 6.45) is 5.27. The Morgan fingerprint density at radius 1 is 0.947 bits per heavy atom. The summed E-state index contributed by atoms with van der Waals surface area (Å²) >= 11 is 0. The topological polar surface area (TPSA) is 12.0 Å². The number of unbranched alkanes of at least 4 members (excludes halogenated alkanes) is 3. The summed E-state index contributed by atoms with van der Waals surface area (Å²) in [5.41, 5.74) is 4.23. The van der Waals surface area contributed by atoms with E-state index >= 15 is 0 Å². The molecular formula is C18H31N. The van der Waals surface area contributed by atoms with E-state index in [4.69, 9.17) is 0 Å². The Labute approximate surface area is 119 Å². The van der Waals surface area contributed by atoms with E-state index in [2.05, 4.69) is 58.1 Å². The summed E-state index contributed by atoms with van der Waals surface area (Å²) in [5.74, 6) is 1.19. The molecule has 0 radical (unpaired) electrons. The molecule has 1 N–H and O–H groups in total. The third-order valence-electron chi connectivity index (χ3n) is 3.71. The van der Waals surface area contributed by atoms with Crippen LogP contribution in [0.1, 0.15) is 83.3 Å². The first-order valence-electron chi connectivity index (χ1n) is 7.94. The van der Waals surface area contributed by atoms with Crippen molar-refractivity contribution in [2.45, 2.75) is 72.1 Å². The van der Waals surface area contributed by atoms with Crippen molar-refractivity contribution in [3.8, 4) is 0 Å². The standard InChI is InChI=1S/C18H31N/c1-6-7-8-9-12-19-18-11-10-16(14(2)3)13-17(18)15(4)5/h10-11,13-15,19H,6-9,12H2,1-5H3. The molecule has 0 fully saturated rings. The van der Waals surface area contributed by atoms with Crippen LogP contribution in [0.4, 0.5) is 5.69 Å². The fourth-order valence-electron chi connectivity index (χ4n) is 2.35. The Morgan fingerprint density at radius 2 is 1.68 bits per heavy atom. The highest BCUT2D eigenvalue weighted by Crippen LogP contribution is 2.28. The monoisotopic (exact) mass is 261 g/mol. The van der Waals surface area contributed by atoms with Crippen molar-refractivity contribution >= 4 is 5.69 Å². The third kappa shape index (κ3) is 5.26. The largest absolute Gasteiger partial charge is 0.385 e. The van der Waals surface area contributed by atoms with Gasteiger partial charge in [-0.2, -0.15) is 0 Å². The first-order valence-corrected chi connectivity index (χ1v) is 7.94. The fourth-order valence-corrected chi connectivity index (χ4v) is 2.35. The summed E-state index contributed by atoms with van der Waals surface area (Å²) < 4.78 is 0. The van der Waals surface area contributed by atoms with Crippen LogP contribution < -0.4 is 5.32 Å². The quantitative estimate of drug-likeness (QED) is 0.572. The molecule has 0 saturated carbocycles. The molecule has 0 atom stereocenters. The maximum Gasteiger partial charge on any atom is 0.0375 e. The predicted molar refractivity (Wildman–Crippen MR) is 87.3 cm³/mol. The molecule has 19 heavy (non-hydrogen) atoms. The minimum atomic E-state index is 0.580. The van der Waals surface area contributed by atoms with Gasteiger partial charge in [0.25, 0.3) is 0 Å². The zero-order valence-corrected chi connectivity index (χ0v) is 13.4. The lowest BCUT2D eigenvalue weighted by molar-refractivity contribution is 0.684. The minimum absolute atomic E-state index is 0.580. The van der Waals surface area contributed by atoms with Crippen LogP contribution in [0.3, 0.4) is 0 Å². The Bertz CT molecular complexity index is 366. The lowest BCUT2D eigenvalue weighted by Gasteiger charge is -2.17. The van der Waals surface area contributed by atoms with Gasteiger partial charge in [-0.05, 0) is 35.4 Å². The lowest BCUT2D eigenvalue weighted by Crippen LogP contribution is -2.06. The van der Waals surface area contributed by atoms with Crippen molar-refractivity contribution < 1.29 is 0 Å². The maximum atomic E-state index is 3.62. The molecule has 108 valence electrons. The molecule has 0 amide bonds. The lowest BCUT2D eigenvalue weighted by atomic mass is 9.94. The molecule has 0 bridgehead atoms. The van der Waals surface area contributed by atoms with Crippen LogP contribution >= 0.6 is 0 Å². The van der Waals surface area contributed by atoms with Crippen molar-refractivity contribution in [1.82, 2.24) is 0 Å². The number of anilines is 1. The van der Waals surface area contributed by atoms with Crippen LogP contribution in [-0.2, 0) is 0 Å². The summed E-state index contributed by atoms with van der Waals surface area (Å²) in [7, 11) is 0. The van der Waals surface area contributed by atoms with Crippen molar-refractivity contribution in [2.75, 3.05) is 11.9 Å². The van der Waals surface area contributed by atoms with Crippen LogP contribution in [-0.4, -0.2) is 6.54 Å². The van der Waals surface area contributed by atoms with Gasteiger partial charge in [0.15, 0.2) is 0 Å². The highest BCUT2D eigenvalue weighted by atomic mass is 14.9. The molecule has 0 unspecified atom stereocenters. The summed E-state index contributed by atoms with van der Waals surface area (Å²) in [6.45, 7) is 12.4. The molecule has 0 aromatic heterocycles. The first-order chi connectivity index (χ1) is 9.06. The highest BCUT2D eigenvalue weighted by Gasteiger charge is 2.09. The Hall–Kier alpha value is -0.980. The molecule has 0 aliphatic carbocycles. The zero-order valence-electron chi connectivity index (χ0n) is 13.4. The fraction of sp³-hybridized carbons (Fsp3) is 0.667. The van der Waals surface area contributed by atoms with E-state index in [-0.39, 0.29) is 0 Å². The maximum absolute atomic E-state index is 3.62. The molecule has 0 aliphatic heterocycles. The predicted octanol–water partition coefficient (Wildman–Crippen LogP) is 5.93. The number of hydrogen-bond donors (Lipinski definition) is 1. The molecule has 1 nitrogen and oxygen atoms in total. The Morgan fingerprint density at radius 3 is 2.26 bits per heavy atom. The van der Waals surface area contributed by atoms with Gasteiger partial charge >= 0.3 is 0 Å². The molecule has 1 aromatic rings. The number of hydrogen-bond acceptors (Lipinski definition) is 1. The van der Waals surface area contributed by atoms with Crippen LogP contribution in [0.25, 0.3) is 0 Å². The van der Waals surface area contributed by atoms with Crippen LogP contribution in [0.5, 0.6) is 0 Å². The Balaban J connectivity index is 2.66. The van der Waals surface area contributed by atoms with E-state index in [9.17, 15) is 0 Å². The van der Waals surface area contributed by atoms with Gasteiger partial charge in [0.2, 0.25) is 0 Å². The van der Waals surface area contributed by atoms with Gasteiger partial charge in [0.1, 0.15) is 0 Å². The van der Waals surface area contributed by atoms with Crippen molar-refractivity contribution in [3.63, 3.8) is 0 Å². The normalized spacial score (nSPS) is 11.3. The molecule has 0 saturated heterocycles. The molecular weight excluding hydrogens is 230 g/mol. The molecule has 0 aliphatic rings. The van der Waals surface area contributed by atoms with Gasteiger partial charge in [0, 0.05) is 12.2 Å². The first kappa shape index (κ1) is 16.1. The van der Waals surface area contributed by atoms with E-state index < -0.39 is 0 Å². The van der Waals surface area contributed by atoms with Crippen molar-refractivity contribution in [2.24, 2.45) is 0 Å². The smallest absolute Gasteiger partial charge is 0.0375 e. The van der Waals surface area contributed by atoms with Crippen molar-refractivity contribution in [3.05, 3.63) is 29.3 Å². The van der Waals surface area contributed by atoms with E-state index in [1.54, 1.807) is 0 Å². The van der Waals surface area contributed by atoms with E-state index in [0.29, 0.717) is 11.8 Å². The molecule has 1 heteroatoms. The zero-order chi connectivity index (χ0) is 14.3. The SMILES string of the molecule is CCCCCCNc1ccc(C(C)C)cc1C(C)C.